The third-order valence-corrected chi connectivity index (χ3v) is 3.31. The second-order valence-electron chi connectivity index (χ2n) is 6.03. The van der Waals surface area contributed by atoms with Crippen molar-refractivity contribution in [2.75, 3.05) is 6.54 Å². The molecule has 0 radical (unpaired) electrons. The molecule has 0 atom stereocenters. The van der Waals surface area contributed by atoms with Crippen LogP contribution in [0.2, 0.25) is 0 Å². The number of rotatable bonds is 2. The molecule has 86 valence electrons. The molecule has 2 saturated heterocycles. The lowest BCUT2D eigenvalue weighted by molar-refractivity contribution is -0.159. The molecule has 1 N–H and O–H groups in total. The molecule has 1 saturated carbocycles. The number of piperidine rings is 2. The Kier molecular flexibility index (Phi) is 2.53. The molecule has 2 heterocycles. The van der Waals surface area contributed by atoms with Crippen LogP contribution in [-0.2, 0) is 9.53 Å². The van der Waals surface area contributed by atoms with Crippen molar-refractivity contribution >= 4 is 5.97 Å². The molecule has 0 amide bonds. The second-order valence-corrected chi connectivity index (χ2v) is 6.03. The minimum absolute atomic E-state index is 0.0599. The predicted molar refractivity (Wildman–Crippen MR) is 58.5 cm³/mol. The van der Waals surface area contributed by atoms with Crippen molar-refractivity contribution < 1.29 is 9.53 Å². The van der Waals surface area contributed by atoms with E-state index in [2.05, 4.69) is 5.32 Å². The number of hydrogen-bond donors (Lipinski definition) is 1. The number of nitrogens with one attached hydrogen (secondary N) is 1. The van der Waals surface area contributed by atoms with Gasteiger partial charge < -0.3 is 10.1 Å². The Hall–Kier alpha value is -0.570. The third-order valence-electron chi connectivity index (χ3n) is 3.31. The summed E-state index contributed by atoms with van der Waals surface area (Å²) in [6.45, 7) is 6.81. The lowest BCUT2D eigenvalue weighted by atomic mass is 9.62. The molecule has 3 nitrogen and oxygen atoms in total. The summed E-state index contributed by atoms with van der Waals surface area (Å²) in [6, 6.07) is 0. The van der Waals surface area contributed by atoms with E-state index in [1.807, 2.05) is 20.8 Å². The SMILES string of the molecule is CC(C)(C)OC(=O)CC12CC(CCN1)C2. The summed E-state index contributed by atoms with van der Waals surface area (Å²) in [6.07, 6.45) is 4.13. The predicted octanol–water partition coefficient (Wildman–Crippen LogP) is 1.86. The number of carbonyl (C=O) groups is 1. The standard InChI is InChI=1S/C12H21NO2/c1-11(2,3)15-10(14)8-12-6-9(7-12)4-5-13-12/h9,13H,4-8H2,1-3H3. The smallest absolute Gasteiger partial charge is 0.308 e. The number of esters is 1. The minimum atomic E-state index is -0.356. The van der Waals surface area contributed by atoms with Crippen molar-refractivity contribution in [3.05, 3.63) is 0 Å². The molecule has 3 fully saturated rings. The van der Waals surface area contributed by atoms with Crippen molar-refractivity contribution in [1.82, 2.24) is 5.32 Å². The van der Waals surface area contributed by atoms with Crippen LogP contribution in [0.3, 0.4) is 0 Å². The van der Waals surface area contributed by atoms with Gasteiger partial charge in [-0.15, -0.1) is 0 Å². The lowest BCUT2D eigenvalue weighted by Gasteiger charge is -2.53. The maximum Gasteiger partial charge on any atom is 0.308 e. The Bertz CT molecular complexity index is 256. The number of fused-ring (bicyclic) bond motifs is 2. The van der Waals surface area contributed by atoms with E-state index in [9.17, 15) is 4.79 Å². The molecule has 0 aromatic rings. The second kappa shape index (κ2) is 3.48. The van der Waals surface area contributed by atoms with Crippen molar-refractivity contribution in [3.8, 4) is 0 Å². The zero-order valence-corrected chi connectivity index (χ0v) is 9.93. The summed E-state index contributed by atoms with van der Waals surface area (Å²) in [4.78, 5) is 11.7. The van der Waals surface area contributed by atoms with Crippen molar-refractivity contribution in [3.63, 3.8) is 0 Å². The van der Waals surface area contributed by atoms with Gasteiger partial charge >= 0.3 is 5.97 Å². The quantitative estimate of drug-likeness (QED) is 0.708. The average molecular weight is 211 g/mol. The van der Waals surface area contributed by atoms with Gasteiger partial charge in [0, 0.05) is 5.54 Å². The van der Waals surface area contributed by atoms with Crippen LogP contribution in [0.15, 0.2) is 0 Å². The topological polar surface area (TPSA) is 38.3 Å². The van der Waals surface area contributed by atoms with E-state index < -0.39 is 0 Å². The Balaban J connectivity index is 1.84. The maximum absolute atomic E-state index is 11.7. The number of carbonyl (C=O) groups excluding carboxylic acids is 1. The van der Waals surface area contributed by atoms with Gasteiger partial charge in [-0.25, -0.2) is 0 Å². The number of hydrogen-bond acceptors (Lipinski definition) is 3. The van der Waals surface area contributed by atoms with Gasteiger partial charge in [-0.1, -0.05) is 0 Å². The van der Waals surface area contributed by atoms with E-state index >= 15 is 0 Å². The normalized spacial score (nSPS) is 34.5. The summed E-state index contributed by atoms with van der Waals surface area (Å²) < 4.78 is 5.35. The van der Waals surface area contributed by atoms with Crippen LogP contribution in [0.25, 0.3) is 0 Å². The zero-order chi connectivity index (χ0) is 11.1. The number of ether oxygens (including phenoxy) is 1. The third kappa shape index (κ3) is 2.51. The molecule has 3 aliphatic rings. The fourth-order valence-corrected chi connectivity index (χ4v) is 2.80. The first-order valence-electron chi connectivity index (χ1n) is 5.85. The van der Waals surface area contributed by atoms with Gasteiger partial charge in [-0.2, -0.15) is 0 Å². The molecule has 2 bridgehead atoms. The molecular formula is C12H21NO2. The molecule has 0 unspecified atom stereocenters. The molecule has 15 heavy (non-hydrogen) atoms. The van der Waals surface area contributed by atoms with Gasteiger partial charge in [-0.05, 0) is 52.5 Å². The van der Waals surface area contributed by atoms with Gasteiger partial charge in [0.1, 0.15) is 5.60 Å². The summed E-state index contributed by atoms with van der Waals surface area (Å²) in [5, 5.41) is 3.48. The Morgan fingerprint density at radius 1 is 1.47 bits per heavy atom. The van der Waals surface area contributed by atoms with Gasteiger partial charge in [0.2, 0.25) is 0 Å². The Labute approximate surface area is 91.6 Å². The van der Waals surface area contributed by atoms with Crippen LogP contribution >= 0.6 is 0 Å². The van der Waals surface area contributed by atoms with Crippen LogP contribution < -0.4 is 5.32 Å². The molecule has 3 rings (SSSR count). The average Bonchev–Trinajstić information content (AvgIpc) is 1.98. The van der Waals surface area contributed by atoms with Gasteiger partial charge in [0.15, 0.2) is 0 Å². The summed E-state index contributed by atoms with van der Waals surface area (Å²) in [5.74, 6) is 0.795. The summed E-state index contributed by atoms with van der Waals surface area (Å²) >= 11 is 0. The fraction of sp³-hybridized carbons (Fsp3) is 0.917. The molecule has 0 aromatic carbocycles. The lowest BCUT2D eigenvalue weighted by Crippen LogP contribution is -2.61. The van der Waals surface area contributed by atoms with Crippen LogP contribution in [0.5, 0.6) is 0 Å². The van der Waals surface area contributed by atoms with Crippen LogP contribution in [0.1, 0.15) is 46.5 Å². The Morgan fingerprint density at radius 3 is 2.60 bits per heavy atom. The molecule has 0 aromatic heterocycles. The summed E-state index contributed by atoms with van der Waals surface area (Å²) in [7, 11) is 0. The monoisotopic (exact) mass is 211 g/mol. The van der Waals surface area contributed by atoms with E-state index in [1.54, 1.807) is 0 Å². The van der Waals surface area contributed by atoms with E-state index in [-0.39, 0.29) is 17.1 Å². The molecular weight excluding hydrogens is 190 g/mol. The largest absolute Gasteiger partial charge is 0.460 e. The Morgan fingerprint density at radius 2 is 2.13 bits per heavy atom. The summed E-state index contributed by atoms with van der Waals surface area (Å²) in [5.41, 5.74) is -0.267. The van der Waals surface area contributed by atoms with Crippen LogP contribution in [-0.4, -0.2) is 23.7 Å². The van der Waals surface area contributed by atoms with Crippen molar-refractivity contribution in [1.29, 1.82) is 0 Å². The first kappa shape index (κ1) is 10.9. The van der Waals surface area contributed by atoms with E-state index in [0.29, 0.717) is 6.42 Å². The highest BCUT2D eigenvalue weighted by molar-refractivity contribution is 5.71. The zero-order valence-electron chi connectivity index (χ0n) is 9.93. The van der Waals surface area contributed by atoms with E-state index in [0.717, 1.165) is 25.3 Å². The van der Waals surface area contributed by atoms with Crippen molar-refractivity contribution in [2.24, 2.45) is 5.92 Å². The van der Waals surface area contributed by atoms with Crippen molar-refractivity contribution in [2.45, 2.75) is 57.6 Å². The highest BCUT2D eigenvalue weighted by atomic mass is 16.6. The van der Waals surface area contributed by atoms with Crippen LogP contribution in [0.4, 0.5) is 0 Å². The molecule has 2 aliphatic heterocycles. The van der Waals surface area contributed by atoms with Gasteiger partial charge in [0.25, 0.3) is 0 Å². The molecule has 0 spiro atoms. The first-order chi connectivity index (χ1) is 6.89. The highest BCUT2D eigenvalue weighted by Gasteiger charge is 2.48. The minimum Gasteiger partial charge on any atom is -0.460 e. The molecule has 1 aliphatic carbocycles. The van der Waals surface area contributed by atoms with Gasteiger partial charge in [-0.3, -0.25) is 4.79 Å². The van der Waals surface area contributed by atoms with E-state index in [1.165, 1.54) is 6.42 Å². The van der Waals surface area contributed by atoms with Gasteiger partial charge in [0.05, 0.1) is 6.42 Å². The highest BCUT2D eigenvalue weighted by Crippen LogP contribution is 2.45. The van der Waals surface area contributed by atoms with Crippen LogP contribution in [0, 0.1) is 5.92 Å². The maximum atomic E-state index is 11.7. The first-order valence-corrected chi connectivity index (χ1v) is 5.85. The van der Waals surface area contributed by atoms with E-state index in [4.69, 9.17) is 4.74 Å². The fourth-order valence-electron chi connectivity index (χ4n) is 2.80. The molecule has 3 heteroatoms.